The lowest BCUT2D eigenvalue weighted by Gasteiger charge is -2.28. The van der Waals surface area contributed by atoms with Crippen molar-refractivity contribution in [2.75, 3.05) is 0 Å². The molecule has 1 fully saturated rings. The third-order valence-corrected chi connectivity index (χ3v) is 5.74. The van der Waals surface area contributed by atoms with Crippen LogP contribution < -0.4 is 0 Å². The summed E-state index contributed by atoms with van der Waals surface area (Å²) >= 11 is 0. The van der Waals surface area contributed by atoms with Gasteiger partial charge in [-0.25, -0.2) is 0 Å². The fourth-order valence-corrected chi connectivity index (χ4v) is 3.77. The second-order valence-electron chi connectivity index (χ2n) is 8.30. The Labute approximate surface area is 157 Å². The average molecular weight is 366 g/mol. The normalized spacial score (nSPS) is 24.7. The lowest BCUT2D eigenvalue weighted by atomic mass is 9.81. The number of nitriles is 1. The molecule has 1 rings (SSSR count). The predicted octanol–water partition coefficient (Wildman–Crippen LogP) is 4.05. The zero-order chi connectivity index (χ0) is 19.6. The largest absolute Gasteiger partial charge is 0.481 e. The Bertz CT molecular complexity index is 495. The Balaban J connectivity index is 2.44. The first kappa shape index (κ1) is 22.7. The summed E-state index contributed by atoms with van der Waals surface area (Å²) in [6.45, 7) is 3.94. The first-order valence-corrected chi connectivity index (χ1v) is 9.91. The number of aliphatic hydroxyl groups is 2. The van der Waals surface area contributed by atoms with E-state index >= 15 is 0 Å². The second kappa shape index (κ2) is 11.4. The number of rotatable bonds is 12. The van der Waals surface area contributed by atoms with E-state index in [-0.39, 0.29) is 29.8 Å². The van der Waals surface area contributed by atoms with E-state index in [1.54, 1.807) is 0 Å². The van der Waals surface area contributed by atoms with Crippen LogP contribution in [0.1, 0.15) is 78.1 Å². The number of aliphatic carboxylic acids is 1. The van der Waals surface area contributed by atoms with E-state index < -0.39 is 12.1 Å². The van der Waals surface area contributed by atoms with Crippen LogP contribution in [0.5, 0.6) is 0 Å². The van der Waals surface area contributed by atoms with E-state index in [4.69, 9.17) is 10.4 Å². The van der Waals surface area contributed by atoms with Crippen LogP contribution in [0.2, 0.25) is 0 Å². The molecule has 1 aliphatic carbocycles. The molecule has 0 spiro atoms. The summed E-state index contributed by atoms with van der Waals surface area (Å²) < 4.78 is 0. The van der Waals surface area contributed by atoms with Gasteiger partial charge in [-0.05, 0) is 49.4 Å². The van der Waals surface area contributed by atoms with Crippen molar-refractivity contribution in [1.29, 1.82) is 5.26 Å². The maximum absolute atomic E-state index is 10.5. The molecule has 0 radical (unpaired) electrons. The summed E-state index contributed by atoms with van der Waals surface area (Å²) in [4.78, 5) is 10.5. The van der Waals surface area contributed by atoms with E-state index in [9.17, 15) is 15.0 Å². The zero-order valence-electron chi connectivity index (χ0n) is 16.2. The molecule has 3 N–H and O–H groups in total. The van der Waals surface area contributed by atoms with Crippen LogP contribution in [0, 0.1) is 28.6 Å². The van der Waals surface area contributed by atoms with Crippen LogP contribution in [-0.4, -0.2) is 33.5 Å². The molecule has 0 saturated heterocycles. The number of aliphatic hydroxyl groups excluding tert-OH is 2. The number of nitrogens with zero attached hydrogens (tertiary/aromatic N) is 1. The van der Waals surface area contributed by atoms with Gasteiger partial charge in [0.1, 0.15) is 0 Å². The molecule has 0 heterocycles. The minimum Gasteiger partial charge on any atom is -0.481 e. The van der Waals surface area contributed by atoms with Gasteiger partial charge in [-0.3, -0.25) is 4.79 Å². The van der Waals surface area contributed by atoms with Gasteiger partial charge in [0.05, 0.1) is 18.3 Å². The molecule has 0 aliphatic heterocycles. The van der Waals surface area contributed by atoms with Gasteiger partial charge in [-0.2, -0.15) is 5.26 Å². The second-order valence-corrected chi connectivity index (χ2v) is 8.30. The summed E-state index contributed by atoms with van der Waals surface area (Å²) in [7, 11) is 0. The SMILES string of the molecule is CC(C)(CCC#N)C(O)C=CC1CCC(O)C1CCCCCCC(=O)O. The summed E-state index contributed by atoms with van der Waals surface area (Å²) in [6, 6.07) is 2.13. The molecule has 0 bridgehead atoms. The number of carboxylic acids is 1. The van der Waals surface area contributed by atoms with Crippen LogP contribution in [0.25, 0.3) is 0 Å². The molecule has 0 amide bonds. The third-order valence-electron chi connectivity index (χ3n) is 5.74. The number of hydrogen-bond donors (Lipinski definition) is 3. The van der Waals surface area contributed by atoms with Crippen LogP contribution in [0.3, 0.4) is 0 Å². The van der Waals surface area contributed by atoms with Gasteiger partial charge in [-0.15, -0.1) is 0 Å². The summed E-state index contributed by atoms with van der Waals surface area (Å²) in [6.07, 6.45) is 10.7. The highest BCUT2D eigenvalue weighted by atomic mass is 16.4. The maximum atomic E-state index is 10.5. The minimum absolute atomic E-state index is 0.222. The first-order chi connectivity index (χ1) is 12.3. The van der Waals surface area contributed by atoms with Gasteiger partial charge in [0.15, 0.2) is 0 Å². The van der Waals surface area contributed by atoms with Crippen molar-refractivity contribution in [2.45, 2.75) is 90.3 Å². The van der Waals surface area contributed by atoms with Gasteiger partial charge in [0.25, 0.3) is 0 Å². The van der Waals surface area contributed by atoms with E-state index in [1.165, 1.54) is 0 Å². The standard InChI is InChI=1S/C21H35NO4/c1-21(2,14-7-15-22)19(24)13-11-16-10-12-18(23)17(16)8-5-3-4-6-9-20(25)26/h11,13,16-19,23-24H,3-10,12,14H2,1-2H3,(H,25,26). The quantitative estimate of drug-likeness (QED) is 0.358. The molecule has 0 aromatic rings. The van der Waals surface area contributed by atoms with Gasteiger partial charge < -0.3 is 15.3 Å². The maximum Gasteiger partial charge on any atom is 0.303 e. The van der Waals surface area contributed by atoms with Crippen LogP contribution in [0.4, 0.5) is 0 Å². The summed E-state index contributed by atoms with van der Waals surface area (Å²) in [5, 5.41) is 38.1. The molecule has 1 saturated carbocycles. The van der Waals surface area contributed by atoms with Gasteiger partial charge in [0.2, 0.25) is 0 Å². The lowest BCUT2D eigenvalue weighted by Crippen LogP contribution is -2.27. The highest BCUT2D eigenvalue weighted by molar-refractivity contribution is 5.66. The molecule has 4 atom stereocenters. The molecule has 4 unspecified atom stereocenters. The van der Waals surface area contributed by atoms with Crippen LogP contribution in [0.15, 0.2) is 12.2 Å². The fraction of sp³-hybridized carbons (Fsp3) is 0.810. The molecule has 148 valence electrons. The molecular weight excluding hydrogens is 330 g/mol. The van der Waals surface area contributed by atoms with Crippen molar-refractivity contribution in [3.05, 3.63) is 12.2 Å². The Morgan fingerprint density at radius 1 is 1.27 bits per heavy atom. The number of unbranched alkanes of at least 4 members (excludes halogenated alkanes) is 3. The molecule has 0 aromatic carbocycles. The molecule has 5 heteroatoms. The Kier molecular flexibility index (Phi) is 9.90. The number of allylic oxidation sites excluding steroid dienone is 1. The first-order valence-electron chi connectivity index (χ1n) is 9.91. The summed E-state index contributed by atoms with van der Waals surface area (Å²) in [5.41, 5.74) is -0.330. The molecule has 0 aromatic heterocycles. The molecule has 5 nitrogen and oxygen atoms in total. The van der Waals surface area contributed by atoms with Crippen molar-refractivity contribution in [3.63, 3.8) is 0 Å². The molecular formula is C21H35NO4. The Morgan fingerprint density at radius 2 is 1.96 bits per heavy atom. The average Bonchev–Trinajstić information content (AvgIpc) is 2.93. The Morgan fingerprint density at radius 3 is 2.62 bits per heavy atom. The van der Waals surface area contributed by atoms with E-state index in [2.05, 4.69) is 12.1 Å². The number of carboxylic acid groups (broad SMARTS) is 1. The van der Waals surface area contributed by atoms with Crippen molar-refractivity contribution in [3.8, 4) is 6.07 Å². The number of hydrogen-bond acceptors (Lipinski definition) is 4. The highest BCUT2D eigenvalue weighted by Crippen LogP contribution is 2.37. The predicted molar refractivity (Wildman–Crippen MR) is 101 cm³/mol. The third kappa shape index (κ3) is 7.88. The minimum atomic E-state index is -0.738. The Hall–Kier alpha value is -1.38. The van der Waals surface area contributed by atoms with Crippen LogP contribution >= 0.6 is 0 Å². The van der Waals surface area contributed by atoms with Gasteiger partial charge in [0, 0.05) is 12.8 Å². The van der Waals surface area contributed by atoms with E-state index in [1.807, 2.05) is 19.9 Å². The molecule has 1 aliphatic rings. The monoisotopic (exact) mass is 365 g/mol. The van der Waals surface area contributed by atoms with Crippen molar-refractivity contribution < 1.29 is 20.1 Å². The van der Waals surface area contributed by atoms with Crippen molar-refractivity contribution >= 4 is 5.97 Å². The van der Waals surface area contributed by atoms with Gasteiger partial charge >= 0.3 is 5.97 Å². The van der Waals surface area contributed by atoms with Crippen molar-refractivity contribution in [1.82, 2.24) is 0 Å². The molecule has 26 heavy (non-hydrogen) atoms. The smallest absolute Gasteiger partial charge is 0.303 e. The zero-order valence-corrected chi connectivity index (χ0v) is 16.2. The van der Waals surface area contributed by atoms with Crippen LogP contribution in [-0.2, 0) is 4.79 Å². The summed E-state index contributed by atoms with van der Waals surface area (Å²) in [5.74, 6) is -0.233. The van der Waals surface area contributed by atoms with Crippen molar-refractivity contribution in [2.24, 2.45) is 17.3 Å². The number of carbonyl (C=O) groups is 1. The fourth-order valence-electron chi connectivity index (χ4n) is 3.77. The van der Waals surface area contributed by atoms with E-state index in [0.29, 0.717) is 12.8 Å². The lowest BCUT2D eigenvalue weighted by molar-refractivity contribution is -0.137. The highest BCUT2D eigenvalue weighted by Gasteiger charge is 2.33. The topological polar surface area (TPSA) is 102 Å². The van der Waals surface area contributed by atoms with Gasteiger partial charge in [-0.1, -0.05) is 45.3 Å². The van der Waals surface area contributed by atoms with E-state index in [0.717, 1.165) is 44.9 Å².